The second-order valence-corrected chi connectivity index (χ2v) is 10.8. The van der Waals surface area contributed by atoms with E-state index < -0.39 is 34.8 Å². The molecule has 2 atom stereocenters. The number of aromatic nitrogens is 3. The Morgan fingerprint density at radius 3 is 2.23 bits per heavy atom. The van der Waals surface area contributed by atoms with Crippen LogP contribution in [0, 0.1) is 5.92 Å². The van der Waals surface area contributed by atoms with Gasteiger partial charge in [0.1, 0.15) is 28.8 Å². The molecule has 1 aliphatic carbocycles. The topological polar surface area (TPSA) is 124 Å². The van der Waals surface area contributed by atoms with Gasteiger partial charge in [0, 0.05) is 18.9 Å². The zero-order valence-corrected chi connectivity index (χ0v) is 21.1. The van der Waals surface area contributed by atoms with E-state index in [-0.39, 0.29) is 12.5 Å². The molecule has 10 heteroatoms. The molecule has 10 nitrogen and oxygen atoms in total. The Hall–Kier alpha value is -3.43. The first-order chi connectivity index (χ1) is 16.2. The number of amides is 2. The summed E-state index contributed by atoms with van der Waals surface area (Å²) in [6, 6.07) is 5.45. The number of nitrogens with zero attached hydrogens (tertiary/aromatic N) is 4. The molecule has 2 aromatic rings. The largest absolute Gasteiger partial charge is 0.481 e. The number of carbonyl (C=O) groups is 3. The third-order valence-electron chi connectivity index (χ3n) is 5.60. The number of imidazole rings is 1. The fraction of sp³-hybridized carbons (Fsp3) is 0.560. The quantitative estimate of drug-likeness (QED) is 0.604. The Bertz CT molecular complexity index is 1040. The van der Waals surface area contributed by atoms with Gasteiger partial charge in [-0.25, -0.2) is 24.5 Å². The molecule has 3 rings (SSSR count). The van der Waals surface area contributed by atoms with Crippen LogP contribution in [-0.4, -0.2) is 60.4 Å². The number of carboxylic acid groups (broad SMARTS) is 1. The van der Waals surface area contributed by atoms with Crippen molar-refractivity contribution < 1.29 is 29.0 Å². The van der Waals surface area contributed by atoms with Crippen LogP contribution in [0.4, 0.5) is 9.59 Å². The van der Waals surface area contributed by atoms with Gasteiger partial charge in [-0.3, -0.25) is 9.36 Å². The minimum Gasteiger partial charge on any atom is -0.481 e. The lowest BCUT2D eigenvalue weighted by Crippen LogP contribution is -2.44. The van der Waals surface area contributed by atoms with E-state index >= 15 is 0 Å². The molecule has 2 aromatic heterocycles. The van der Waals surface area contributed by atoms with E-state index in [2.05, 4.69) is 9.97 Å². The molecule has 0 unspecified atom stereocenters. The number of pyridine rings is 1. The van der Waals surface area contributed by atoms with Crippen molar-refractivity contribution in [3.63, 3.8) is 0 Å². The lowest BCUT2D eigenvalue weighted by Gasteiger charge is -2.28. The predicted octanol–water partition coefficient (Wildman–Crippen LogP) is 4.56. The highest BCUT2D eigenvalue weighted by Crippen LogP contribution is 2.56. The zero-order valence-electron chi connectivity index (χ0n) is 21.1. The van der Waals surface area contributed by atoms with Crippen molar-refractivity contribution in [1.29, 1.82) is 0 Å². The Morgan fingerprint density at radius 2 is 1.71 bits per heavy atom. The first-order valence-electron chi connectivity index (χ1n) is 11.7. The molecule has 1 fully saturated rings. The van der Waals surface area contributed by atoms with Crippen molar-refractivity contribution in [3.05, 3.63) is 42.6 Å². The normalized spacial score (nSPS) is 19.7. The Morgan fingerprint density at radius 1 is 1.09 bits per heavy atom. The molecule has 0 spiro atoms. The monoisotopic (exact) mass is 486 g/mol. The van der Waals surface area contributed by atoms with Crippen molar-refractivity contribution in [3.8, 4) is 5.82 Å². The second kappa shape index (κ2) is 9.67. The molecular formula is C25H34N4O6. The summed E-state index contributed by atoms with van der Waals surface area (Å²) in [4.78, 5) is 47.1. The highest BCUT2D eigenvalue weighted by atomic mass is 16.6. The van der Waals surface area contributed by atoms with E-state index in [9.17, 15) is 19.5 Å². The molecule has 0 bridgehead atoms. The summed E-state index contributed by atoms with van der Waals surface area (Å²) in [7, 11) is 0. The van der Waals surface area contributed by atoms with Gasteiger partial charge in [0.25, 0.3) is 0 Å². The standard InChI is InChI=1S/C25H34N4O6/c1-23(2,3)34-21(32)29(22(33)35-24(4,5)6)13-9-10-17-14-25(17,20(30)31)18-15-28(16-27-18)19-11-7-8-12-26-19/h7-8,11-12,15-17H,9-10,13-14H2,1-6H3,(H,30,31)/t17-,25+/m0/s1. The molecule has 1 N–H and O–H groups in total. The van der Waals surface area contributed by atoms with Gasteiger partial charge >= 0.3 is 18.2 Å². The maximum atomic E-state index is 12.7. The van der Waals surface area contributed by atoms with Crippen LogP contribution in [0.3, 0.4) is 0 Å². The van der Waals surface area contributed by atoms with Gasteiger partial charge in [-0.05, 0) is 78.9 Å². The fourth-order valence-corrected chi connectivity index (χ4v) is 3.94. The van der Waals surface area contributed by atoms with Crippen LogP contribution < -0.4 is 0 Å². The third-order valence-corrected chi connectivity index (χ3v) is 5.60. The number of ether oxygens (including phenoxy) is 2. The van der Waals surface area contributed by atoms with Gasteiger partial charge in [0.2, 0.25) is 0 Å². The van der Waals surface area contributed by atoms with Crippen LogP contribution in [0.15, 0.2) is 36.9 Å². The van der Waals surface area contributed by atoms with Gasteiger partial charge < -0.3 is 14.6 Å². The molecular weight excluding hydrogens is 452 g/mol. The molecule has 1 aliphatic rings. The number of hydrogen-bond donors (Lipinski definition) is 1. The fourth-order valence-electron chi connectivity index (χ4n) is 3.94. The van der Waals surface area contributed by atoms with Crippen LogP contribution in [0.25, 0.3) is 5.82 Å². The van der Waals surface area contributed by atoms with E-state index in [1.807, 2.05) is 12.1 Å². The number of hydrogen-bond acceptors (Lipinski definition) is 7. The van der Waals surface area contributed by atoms with Gasteiger partial charge in [0.15, 0.2) is 0 Å². The van der Waals surface area contributed by atoms with Crippen LogP contribution in [0.5, 0.6) is 0 Å². The molecule has 35 heavy (non-hydrogen) atoms. The molecule has 0 radical (unpaired) electrons. The predicted molar refractivity (Wildman–Crippen MR) is 127 cm³/mol. The molecule has 0 aliphatic heterocycles. The van der Waals surface area contributed by atoms with Crippen LogP contribution in [0.1, 0.15) is 66.5 Å². The summed E-state index contributed by atoms with van der Waals surface area (Å²) in [5, 5.41) is 10.0. The minimum atomic E-state index is -1.09. The highest BCUT2D eigenvalue weighted by molar-refractivity contribution is 5.88. The SMILES string of the molecule is CC(C)(C)OC(=O)N(CCC[C@H]1C[C@]1(C(=O)O)c1cn(-c2ccccn2)cn1)C(=O)OC(C)(C)C. The second-order valence-electron chi connectivity index (χ2n) is 10.8. The first kappa shape index (κ1) is 26.2. The lowest BCUT2D eigenvalue weighted by atomic mass is 9.97. The van der Waals surface area contributed by atoms with Crippen LogP contribution >= 0.6 is 0 Å². The number of imide groups is 1. The molecule has 190 valence electrons. The Kier molecular flexibility index (Phi) is 7.23. The number of aliphatic carboxylic acids is 1. The van der Waals surface area contributed by atoms with E-state index in [1.165, 1.54) is 0 Å². The van der Waals surface area contributed by atoms with Crippen molar-refractivity contribution in [2.45, 2.75) is 77.4 Å². The average Bonchev–Trinajstić information content (AvgIpc) is 3.25. The maximum Gasteiger partial charge on any atom is 0.419 e. The smallest absolute Gasteiger partial charge is 0.419 e. The van der Waals surface area contributed by atoms with Crippen LogP contribution in [-0.2, 0) is 19.7 Å². The van der Waals surface area contributed by atoms with Gasteiger partial charge in [0.05, 0.1) is 5.69 Å². The Balaban J connectivity index is 1.68. The van der Waals surface area contributed by atoms with E-state index in [1.54, 1.807) is 70.9 Å². The summed E-state index contributed by atoms with van der Waals surface area (Å²) in [5.41, 5.74) is -2.18. The molecule has 0 aromatic carbocycles. The number of carboxylic acids is 1. The molecule has 0 saturated heterocycles. The van der Waals surface area contributed by atoms with Crippen molar-refractivity contribution in [2.75, 3.05) is 6.54 Å². The van der Waals surface area contributed by atoms with Gasteiger partial charge in [-0.2, -0.15) is 0 Å². The third kappa shape index (κ3) is 6.37. The summed E-state index contributed by atoms with van der Waals surface area (Å²) < 4.78 is 12.4. The van der Waals surface area contributed by atoms with Crippen molar-refractivity contribution in [1.82, 2.24) is 19.4 Å². The summed E-state index contributed by atoms with van der Waals surface area (Å²) >= 11 is 0. The van der Waals surface area contributed by atoms with E-state index in [4.69, 9.17) is 9.47 Å². The van der Waals surface area contributed by atoms with E-state index in [0.717, 1.165) is 4.90 Å². The number of carbonyl (C=O) groups excluding carboxylic acids is 2. The zero-order chi connectivity index (χ0) is 26.0. The Labute approximate surface area is 205 Å². The average molecular weight is 487 g/mol. The summed E-state index contributed by atoms with van der Waals surface area (Å²) in [5.74, 6) is -0.467. The van der Waals surface area contributed by atoms with Crippen molar-refractivity contribution >= 4 is 18.2 Å². The van der Waals surface area contributed by atoms with Crippen LogP contribution in [0.2, 0.25) is 0 Å². The van der Waals surface area contributed by atoms with Gasteiger partial charge in [-0.15, -0.1) is 0 Å². The highest BCUT2D eigenvalue weighted by Gasteiger charge is 2.62. The lowest BCUT2D eigenvalue weighted by molar-refractivity contribution is -0.140. The maximum absolute atomic E-state index is 12.7. The summed E-state index contributed by atoms with van der Waals surface area (Å²) in [6.45, 7) is 10.3. The molecule has 2 amide bonds. The number of rotatable bonds is 7. The molecule has 2 heterocycles. The minimum absolute atomic E-state index is 0.0540. The summed E-state index contributed by atoms with van der Waals surface area (Å²) in [6.07, 6.45) is 4.66. The first-order valence-corrected chi connectivity index (χ1v) is 11.7. The van der Waals surface area contributed by atoms with Crippen molar-refractivity contribution in [2.24, 2.45) is 5.92 Å². The molecule has 1 saturated carbocycles. The van der Waals surface area contributed by atoms with Gasteiger partial charge in [-0.1, -0.05) is 6.07 Å². The van der Waals surface area contributed by atoms with E-state index in [0.29, 0.717) is 30.8 Å².